The lowest BCUT2D eigenvalue weighted by molar-refractivity contribution is 0.475. The van der Waals surface area contributed by atoms with Gasteiger partial charge in [0, 0.05) is 5.56 Å². The van der Waals surface area contributed by atoms with Gasteiger partial charge in [0.05, 0.1) is 4.47 Å². The molecule has 0 saturated heterocycles. The standard InChI is InChI=1S/C16H17BrN2O/c1-9-6-10(2)11(3)15(7-9)20-14-5-4-12(16(18)19)8-13(14)17/h4-8H,1-3H3,(H3,18,19). The Kier molecular flexibility index (Phi) is 4.14. The van der Waals surface area contributed by atoms with Gasteiger partial charge in [-0.3, -0.25) is 5.41 Å². The maximum atomic E-state index is 7.43. The van der Waals surface area contributed by atoms with Crippen LogP contribution in [0.5, 0.6) is 11.5 Å². The highest BCUT2D eigenvalue weighted by Gasteiger charge is 2.09. The highest BCUT2D eigenvalue weighted by Crippen LogP contribution is 2.33. The topological polar surface area (TPSA) is 59.1 Å². The number of halogens is 1. The van der Waals surface area contributed by atoms with E-state index in [2.05, 4.69) is 28.9 Å². The average Bonchev–Trinajstić information content (AvgIpc) is 2.37. The number of aryl methyl sites for hydroxylation is 2. The molecule has 104 valence electrons. The van der Waals surface area contributed by atoms with Crippen molar-refractivity contribution in [3.63, 3.8) is 0 Å². The molecule has 0 aliphatic carbocycles. The molecule has 0 bridgehead atoms. The maximum absolute atomic E-state index is 7.43. The fourth-order valence-electron chi connectivity index (χ4n) is 1.98. The predicted octanol–water partition coefficient (Wildman–Crippen LogP) is 4.45. The Morgan fingerprint density at radius 1 is 1.10 bits per heavy atom. The zero-order valence-electron chi connectivity index (χ0n) is 11.8. The summed E-state index contributed by atoms with van der Waals surface area (Å²) in [6, 6.07) is 9.54. The summed E-state index contributed by atoms with van der Waals surface area (Å²) in [7, 11) is 0. The van der Waals surface area contributed by atoms with Crippen molar-refractivity contribution in [3.8, 4) is 11.5 Å². The summed E-state index contributed by atoms with van der Waals surface area (Å²) in [5.41, 5.74) is 9.63. The number of nitrogens with two attached hydrogens (primary N) is 1. The molecular weight excluding hydrogens is 316 g/mol. The van der Waals surface area contributed by atoms with Crippen molar-refractivity contribution in [2.75, 3.05) is 0 Å². The van der Waals surface area contributed by atoms with E-state index < -0.39 is 0 Å². The molecule has 0 spiro atoms. The van der Waals surface area contributed by atoms with Crippen LogP contribution in [0.15, 0.2) is 34.8 Å². The molecule has 20 heavy (non-hydrogen) atoms. The molecule has 4 heteroatoms. The quantitative estimate of drug-likeness (QED) is 0.644. The largest absolute Gasteiger partial charge is 0.456 e. The minimum Gasteiger partial charge on any atom is -0.456 e. The van der Waals surface area contributed by atoms with Crippen LogP contribution in [0.25, 0.3) is 0 Å². The highest BCUT2D eigenvalue weighted by molar-refractivity contribution is 9.10. The number of hydrogen-bond donors (Lipinski definition) is 2. The summed E-state index contributed by atoms with van der Waals surface area (Å²) >= 11 is 3.46. The molecule has 2 aromatic rings. The fraction of sp³-hybridized carbons (Fsp3) is 0.188. The summed E-state index contributed by atoms with van der Waals surface area (Å²) < 4.78 is 6.76. The highest BCUT2D eigenvalue weighted by atomic mass is 79.9. The van der Waals surface area contributed by atoms with Crippen molar-refractivity contribution in [3.05, 3.63) is 57.1 Å². The van der Waals surface area contributed by atoms with E-state index in [-0.39, 0.29) is 5.84 Å². The number of nitrogen functional groups attached to an aromatic ring is 1. The van der Waals surface area contributed by atoms with E-state index in [1.165, 1.54) is 11.1 Å². The van der Waals surface area contributed by atoms with E-state index >= 15 is 0 Å². The molecule has 2 aromatic carbocycles. The molecular formula is C16H17BrN2O. The van der Waals surface area contributed by atoms with Crippen molar-refractivity contribution < 1.29 is 4.74 Å². The molecule has 3 nitrogen and oxygen atoms in total. The summed E-state index contributed by atoms with van der Waals surface area (Å²) in [5, 5.41) is 7.43. The van der Waals surface area contributed by atoms with E-state index in [0.29, 0.717) is 11.3 Å². The Hall–Kier alpha value is -1.81. The molecule has 0 amide bonds. The Labute approximate surface area is 127 Å². The maximum Gasteiger partial charge on any atom is 0.141 e. The first kappa shape index (κ1) is 14.6. The molecule has 3 N–H and O–H groups in total. The SMILES string of the molecule is Cc1cc(C)c(C)c(Oc2ccc(C(=N)N)cc2Br)c1. The number of rotatable bonds is 3. The van der Waals surface area contributed by atoms with Crippen molar-refractivity contribution in [1.82, 2.24) is 0 Å². The summed E-state index contributed by atoms with van der Waals surface area (Å²) in [5.74, 6) is 1.60. The molecule has 2 rings (SSSR count). The average molecular weight is 333 g/mol. The smallest absolute Gasteiger partial charge is 0.141 e. The minimum atomic E-state index is 0.0415. The lowest BCUT2D eigenvalue weighted by Gasteiger charge is -2.13. The van der Waals surface area contributed by atoms with Gasteiger partial charge in [-0.05, 0) is 77.7 Å². The molecule has 0 aliphatic rings. The first-order valence-corrected chi connectivity index (χ1v) is 7.07. The van der Waals surface area contributed by atoms with Crippen LogP contribution in [-0.4, -0.2) is 5.84 Å². The molecule has 0 fully saturated rings. The monoisotopic (exact) mass is 332 g/mol. The lowest BCUT2D eigenvalue weighted by Crippen LogP contribution is -2.10. The second-order valence-corrected chi connectivity index (χ2v) is 5.72. The Morgan fingerprint density at radius 2 is 1.80 bits per heavy atom. The van der Waals surface area contributed by atoms with Crippen LogP contribution in [-0.2, 0) is 0 Å². The molecule has 0 saturated carbocycles. The molecule has 0 heterocycles. The van der Waals surface area contributed by atoms with Crippen LogP contribution in [0.4, 0.5) is 0 Å². The number of amidine groups is 1. The molecule has 0 radical (unpaired) electrons. The second-order valence-electron chi connectivity index (χ2n) is 4.87. The van der Waals surface area contributed by atoms with Crippen LogP contribution in [0.1, 0.15) is 22.3 Å². The van der Waals surface area contributed by atoms with Crippen LogP contribution >= 0.6 is 15.9 Å². The third-order valence-electron chi connectivity index (χ3n) is 3.23. The zero-order valence-corrected chi connectivity index (χ0v) is 13.3. The van der Waals surface area contributed by atoms with E-state index in [1.54, 1.807) is 12.1 Å². The van der Waals surface area contributed by atoms with Crippen LogP contribution < -0.4 is 10.5 Å². The number of benzene rings is 2. The molecule has 0 unspecified atom stereocenters. The molecule has 0 aromatic heterocycles. The van der Waals surface area contributed by atoms with Gasteiger partial charge in [0.15, 0.2) is 0 Å². The van der Waals surface area contributed by atoms with E-state index in [0.717, 1.165) is 15.8 Å². The van der Waals surface area contributed by atoms with Gasteiger partial charge in [-0.25, -0.2) is 0 Å². The first-order chi connectivity index (χ1) is 9.38. The Morgan fingerprint density at radius 3 is 2.40 bits per heavy atom. The predicted molar refractivity (Wildman–Crippen MR) is 85.9 cm³/mol. The van der Waals surface area contributed by atoms with Crippen LogP contribution in [0.2, 0.25) is 0 Å². The summed E-state index contributed by atoms with van der Waals surface area (Å²) in [4.78, 5) is 0. The van der Waals surface area contributed by atoms with Crippen molar-refractivity contribution >= 4 is 21.8 Å². The van der Waals surface area contributed by atoms with E-state index in [1.807, 2.05) is 26.0 Å². The Balaban J connectivity index is 2.38. The second kappa shape index (κ2) is 5.67. The Bertz CT molecular complexity index is 680. The van der Waals surface area contributed by atoms with Gasteiger partial charge < -0.3 is 10.5 Å². The lowest BCUT2D eigenvalue weighted by atomic mass is 10.1. The van der Waals surface area contributed by atoms with Crippen molar-refractivity contribution in [2.45, 2.75) is 20.8 Å². The number of hydrogen-bond acceptors (Lipinski definition) is 2. The van der Waals surface area contributed by atoms with Gasteiger partial charge in [-0.1, -0.05) is 6.07 Å². The van der Waals surface area contributed by atoms with E-state index in [4.69, 9.17) is 15.9 Å². The first-order valence-electron chi connectivity index (χ1n) is 6.28. The molecule has 0 aliphatic heterocycles. The van der Waals surface area contributed by atoms with Crippen LogP contribution in [0, 0.1) is 26.2 Å². The van der Waals surface area contributed by atoms with Crippen molar-refractivity contribution in [1.29, 1.82) is 5.41 Å². The van der Waals surface area contributed by atoms with Gasteiger partial charge in [0.2, 0.25) is 0 Å². The molecule has 0 atom stereocenters. The number of ether oxygens (including phenoxy) is 1. The third-order valence-corrected chi connectivity index (χ3v) is 3.85. The van der Waals surface area contributed by atoms with Crippen molar-refractivity contribution in [2.24, 2.45) is 5.73 Å². The van der Waals surface area contributed by atoms with Gasteiger partial charge in [0.1, 0.15) is 17.3 Å². The van der Waals surface area contributed by atoms with Gasteiger partial charge in [-0.15, -0.1) is 0 Å². The zero-order chi connectivity index (χ0) is 14.9. The van der Waals surface area contributed by atoms with Gasteiger partial charge in [0.25, 0.3) is 0 Å². The summed E-state index contributed by atoms with van der Waals surface area (Å²) in [6.45, 7) is 6.16. The normalized spacial score (nSPS) is 10.4. The minimum absolute atomic E-state index is 0.0415. The fourth-order valence-corrected chi connectivity index (χ4v) is 2.44. The third kappa shape index (κ3) is 3.02. The van der Waals surface area contributed by atoms with Gasteiger partial charge >= 0.3 is 0 Å². The van der Waals surface area contributed by atoms with Crippen LogP contribution in [0.3, 0.4) is 0 Å². The summed E-state index contributed by atoms with van der Waals surface area (Å²) in [6.07, 6.45) is 0. The van der Waals surface area contributed by atoms with E-state index in [9.17, 15) is 0 Å². The number of nitrogens with one attached hydrogen (secondary N) is 1. The van der Waals surface area contributed by atoms with Gasteiger partial charge in [-0.2, -0.15) is 0 Å².